The van der Waals surface area contributed by atoms with Gasteiger partial charge < -0.3 is 10.8 Å². The molecule has 0 aromatic heterocycles. The summed E-state index contributed by atoms with van der Waals surface area (Å²) in [4.78, 5) is 10.7. The van der Waals surface area contributed by atoms with Gasteiger partial charge in [0.1, 0.15) is 0 Å². The van der Waals surface area contributed by atoms with Crippen molar-refractivity contribution in [1.29, 1.82) is 0 Å². The third kappa shape index (κ3) is 2.44. The van der Waals surface area contributed by atoms with Crippen LogP contribution in [-0.2, 0) is 4.79 Å². The second kappa shape index (κ2) is 3.29. The van der Waals surface area contributed by atoms with Gasteiger partial charge in [0.25, 0.3) is 0 Å². The van der Waals surface area contributed by atoms with Gasteiger partial charge in [-0.2, -0.15) is 0 Å². The molecule has 3 nitrogen and oxygen atoms in total. The number of hydrogen-bond donors (Lipinski definition) is 2. The molecule has 1 fully saturated rings. The van der Waals surface area contributed by atoms with Crippen molar-refractivity contribution in [2.24, 2.45) is 16.6 Å². The monoisotopic (exact) mass is 185 g/mol. The van der Waals surface area contributed by atoms with Gasteiger partial charge >= 0.3 is 5.97 Å². The van der Waals surface area contributed by atoms with Crippen LogP contribution in [0, 0.1) is 10.8 Å². The Morgan fingerprint density at radius 1 is 1.46 bits per heavy atom. The zero-order chi connectivity index (χ0) is 10.1. The average Bonchev–Trinajstić information content (AvgIpc) is 2.26. The molecular formula is C10H19NO2. The Balaban J connectivity index is 2.68. The Bertz CT molecular complexity index is 213. The van der Waals surface area contributed by atoms with Crippen LogP contribution < -0.4 is 5.73 Å². The van der Waals surface area contributed by atoms with Crippen molar-refractivity contribution in [3.63, 3.8) is 0 Å². The van der Waals surface area contributed by atoms with E-state index in [2.05, 4.69) is 13.8 Å². The molecule has 0 heterocycles. The first-order chi connectivity index (χ1) is 5.89. The predicted molar refractivity (Wildman–Crippen MR) is 51.4 cm³/mol. The van der Waals surface area contributed by atoms with Crippen molar-refractivity contribution in [2.75, 3.05) is 6.54 Å². The minimum atomic E-state index is -0.719. The van der Waals surface area contributed by atoms with Crippen molar-refractivity contribution in [3.05, 3.63) is 0 Å². The number of nitrogens with two attached hydrogens (primary N) is 1. The van der Waals surface area contributed by atoms with Crippen LogP contribution >= 0.6 is 0 Å². The minimum Gasteiger partial charge on any atom is -0.481 e. The maximum atomic E-state index is 10.7. The van der Waals surface area contributed by atoms with E-state index in [1.165, 1.54) is 0 Å². The Kier molecular flexibility index (Phi) is 2.66. The molecule has 0 saturated heterocycles. The minimum absolute atomic E-state index is 0.130. The lowest BCUT2D eigenvalue weighted by atomic mass is 9.79. The van der Waals surface area contributed by atoms with Crippen molar-refractivity contribution in [3.8, 4) is 0 Å². The molecule has 3 heteroatoms. The number of aliphatic carboxylic acids is 1. The molecule has 0 aliphatic heterocycles. The lowest BCUT2D eigenvalue weighted by Crippen LogP contribution is -2.31. The molecule has 1 aliphatic carbocycles. The molecule has 0 amide bonds. The number of carboxylic acid groups (broad SMARTS) is 1. The Morgan fingerprint density at radius 3 is 2.38 bits per heavy atom. The summed E-state index contributed by atoms with van der Waals surface area (Å²) in [5.41, 5.74) is 5.82. The highest BCUT2D eigenvalue weighted by atomic mass is 16.4. The normalized spacial score (nSPS) is 31.9. The van der Waals surface area contributed by atoms with E-state index in [0.717, 1.165) is 19.3 Å². The zero-order valence-electron chi connectivity index (χ0n) is 8.47. The van der Waals surface area contributed by atoms with Gasteiger partial charge in [-0.1, -0.05) is 13.8 Å². The highest BCUT2D eigenvalue weighted by Crippen LogP contribution is 2.50. The Labute approximate surface area is 79.3 Å². The first-order valence-corrected chi connectivity index (χ1v) is 4.81. The molecule has 1 aliphatic rings. The molecule has 0 spiro atoms. The van der Waals surface area contributed by atoms with Gasteiger partial charge in [0, 0.05) is 0 Å². The summed E-state index contributed by atoms with van der Waals surface area (Å²) >= 11 is 0. The second-order valence-corrected chi connectivity index (χ2v) is 5.12. The molecule has 0 unspecified atom stereocenters. The molecule has 1 atom stereocenters. The molecule has 13 heavy (non-hydrogen) atoms. The summed E-state index contributed by atoms with van der Waals surface area (Å²) in [7, 11) is 0. The van der Waals surface area contributed by atoms with Crippen LogP contribution in [0.1, 0.15) is 39.5 Å². The quantitative estimate of drug-likeness (QED) is 0.702. The molecule has 0 bridgehead atoms. The van der Waals surface area contributed by atoms with Crippen LogP contribution in [-0.4, -0.2) is 17.6 Å². The van der Waals surface area contributed by atoms with Gasteiger partial charge in [-0.25, -0.2) is 0 Å². The summed E-state index contributed by atoms with van der Waals surface area (Å²) in [5.74, 6) is -0.719. The molecule has 0 radical (unpaired) electrons. The summed E-state index contributed by atoms with van der Waals surface area (Å²) in [6, 6.07) is 0. The predicted octanol–water partition coefficient (Wildman–Crippen LogP) is 1.62. The number of carbonyl (C=O) groups is 1. The number of hydrogen-bond acceptors (Lipinski definition) is 2. The first-order valence-electron chi connectivity index (χ1n) is 4.81. The van der Waals surface area contributed by atoms with Crippen LogP contribution in [0.5, 0.6) is 0 Å². The number of rotatable bonds is 3. The van der Waals surface area contributed by atoms with Crippen LogP contribution in [0.4, 0.5) is 0 Å². The van der Waals surface area contributed by atoms with Crippen LogP contribution in [0.2, 0.25) is 0 Å². The van der Waals surface area contributed by atoms with Gasteiger partial charge in [0.05, 0.1) is 6.42 Å². The third-order valence-corrected chi connectivity index (χ3v) is 3.14. The van der Waals surface area contributed by atoms with Crippen LogP contribution in [0.3, 0.4) is 0 Å². The van der Waals surface area contributed by atoms with E-state index in [1.807, 2.05) is 0 Å². The third-order valence-electron chi connectivity index (χ3n) is 3.14. The topological polar surface area (TPSA) is 63.3 Å². The maximum absolute atomic E-state index is 10.7. The van der Waals surface area contributed by atoms with Gasteiger partial charge in [-0.3, -0.25) is 4.79 Å². The summed E-state index contributed by atoms with van der Waals surface area (Å²) in [6.07, 6.45) is 3.23. The molecule has 0 aromatic carbocycles. The lowest BCUT2D eigenvalue weighted by Gasteiger charge is -2.27. The maximum Gasteiger partial charge on any atom is 0.303 e. The molecule has 3 N–H and O–H groups in total. The smallest absolute Gasteiger partial charge is 0.303 e. The van der Waals surface area contributed by atoms with E-state index in [-0.39, 0.29) is 17.3 Å². The van der Waals surface area contributed by atoms with Gasteiger partial charge in [0.2, 0.25) is 0 Å². The summed E-state index contributed by atoms with van der Waals surface area (Å²) in [5, 5.41) is 8.78. The van der Waals surface area contributed by atoms with Crippen LogP contribution in [0.25, 0.3) is 0 Å². The first kappa shape index (κ1) is 10.5. The standard InChI is InChI=1S/C10H19NO2/c1-9(2)3-4-10(6-9,7-11)5-8(12)13/h3-7,11H2,1-2H3,(H,12,13)/t10-/m0/s1. The molecule has 1 saturated carbocycles. The SMILES string of the molecule is CC1(C)CC[C@](CN)(CC(=O)O)C1. The second-order valence-electron chi connectivity index (χ2n) is 5.12. The highest BCUT2D eigenvalue weighted by molar-refractivity contribution is 5.67. The van der Waals surface area contributed by atoms with E-state index >= 15 is 0 Å². The zero-order valence-corrected chi connectivity index (χ0v) is 8.47. The summed E-state index contributed by atoms with van der Waals surface area (Å²) in [6.45, 7) is 4.88. The van der Waals surface area contributed by atoms with Gasteiger partial charge in [-0.15, -0.1) is 0 Å². The van der Waals surface area contributed by atoms with E-state index in [4.69, 9.17) is 10.8 Å². The van der Waals surface area contributed by atoms with E-state index in [0.29, 0.717) is 6.54 Å². The largest absolute Gasteiger partial charge is 0.481 e. The van der Waals surface area contributed by atoms with E-state index < -0.39 is 5.97 Å². The Morgan fingerprint density at radius 2 is 2.08 bits per heavy atom. The highest BCUT2D eigenvalue weighted by Gasteiger charge is 2.43. The lowest BCUT2D eigenvalue weighted by molar-refractivity contribution is -0.139. The van der Waals surface area contributed by atoms with E-state index in [1.54, 1.807) is 0 Å². The van der Waals surface area contributed by atoms with Gasteiger partial charge in [-0.05, 0) is 36.6 Å². The number of carboxylic acids is 1. The fourth-order valence-electron chi connectivity index (χ4n) is 2.51. The van der Waals surface area contributed by atoms with Crippen molar-refractivity contribution in [1.82, 2.24) is 0 Å². The fraction of sp³-hybridized carbons (Fsp3) is 0.900. The van der Waals surface area contributed by atoms with Gasteiger partial charge in [0.15, 0.2) is 0 Å². The van der Waals surface area contributed by atoms with Crippen molar-refractivity contribution < 1.29 is 9.90 Å². The Hall–Kier alpha value is -0.570. The fourth-order valence-corrected chi connectivity index (χ4v) is 2.51. The van der Waals surface area contributed by atoms with Crippen LogP contribution in [0.15, 0.2) is 0 Å². The molecule has 76 valence electrons. The van der Waals surface area contributed by atoms with E-state index in [9.17, 15) is 4.79 Å². The molecule has 0 aromatic rings. The molecular weight excluding hydrogens is 166 g/mol. The van der Waals surface area contributed by atoms with Crippen molar-refractivity contribution >= 4 is 5.97 Å². The molecule has 1 rings (SSSR count). The van der Waals surface area contributed by atoms with Crippen molar-refractivity contribution in [2.45, 2.75) is 39.5 Å². The average molecular weight is 185 g/mol. The summed E-state index contributed by atoms with van der Waals surface area (Å²) < 4.78 is 0.